The summed E-state index contributed by atoms with van der Waals surface area (Å²) in [7, 11) is 0. The van der Waals surface area contributed by atoms with Gasteiger partial charge in [-0.3, -0.25) is 9.48 Å². The van der Waals surface area contributed by atoms with Crippen LogP contribution in [0.4, 0.5) is 11.5 Å². The fourth-order valence-corrected chi connectivity index (χ4v) is 4.41. The van der Waals surface area contributed by atoms with Gasteiger partial charge in [0.2, 0.25) is 0 Å². The summed E-state index contributed by atoms with van der Waals surface area (Å²) in [4.78, 5) is 23.4. The monoisotopic (exact) mass is 458 g/mol. The van der Waals surface area contributed by atoms with E-state index in [0.717, 1.165) is 11.1 Å². The molecule has 0 saturated heterocycles. The van der Waals surface area contributed by atoms with E-state index in [-0.39, 0.29) is 11.7 Å². The van der Waals surface area contributed by atoms with E-state index in [9.17, 15) is 14.9 Å². The van der Waals surface area contributed by atoms with Gasteiger partial charge in [0.05, 0.1) is 47.2 Å². The summed E-state index contributed by atoms with van der Waals surface area (Å²) in [6.45, 7) is 0.941. The van der Waals surface area contributed by atoms with Crippen LogP contribution in [0.5, 0.6) is 0 Å². The molecular formula is C23H18N6O3S. The van der Waals surface area contributed by atoms with Gasteiger partial charge in [-0.15, -0.1) is 11.3 Å². The standard InChI is InChI=1S/C23H18N6O3S/c30-23(21-10-16(15-33-21)12-27-9-8-22(26-27)29(31)32)25-19-11-24-28(14-19)13-18-6-3-5-17-4-1-2-7-20(17)18/h1-11,14-15H,12-13H2,(H,25,30). The third kappa shape index (κ3) is 4.51. The van der Waals surface area contributed by atoms with Gasteiger partial charge < -0.3 is 15.4 Å². The molecule has 1 N–H and O–H groups in total. The molecule has 0 bridgehead atoms. The van der Waals surface area contributed by atoms with E-state index in [1.54, 1.807) is 29.3 Å². The van der Waals surface area contributed by atoms with Crippen LogP contribution in [0.15, 0.2) is 78.6 Å². The number of nitrogens with one attached hydrogen (secondary N) is 1. The minimum atomic E-state index is -0.538. The molecule has 5 aromatic rings. The van der Waals surface area contributed by atoms with Gasteiger partial charge in [0.25, 0.3) is 5.91 Å². The molecule has 1 amide bonds. The zero-order valence-corrected chi connectivity index (χ0v) is 18.1. The topological polar surface area (TPSA) is 108 Å². The minimum absolute atomic E-state index is 0.205. The molecule has 0 aliphatic carbocycles. The highest BCUT2D eigenvalue weighted by atomic mass is 32.1. The first-order chi connectivity index (χ1) is 16.0. The molecule has 9 nitrogen and oxygen atoms in total. The van der Waals surface area contributed by atoms with Crippen LogP contribution in [0.25, 0.3) is 10.8 Å². The number of carbonyl (C=O) groups is 1. The Kier molecular flexibility index (Phi) is 5.41. The third-order valence-corrected chi connectivity index (χ3v) is 6.12. The van der Waals surface area contributed by atoms with Crippen LogP contribution in [0.2, 0.25) is 0 Å². The predicted molar refractivity (Wildman–Crippen MR) is 126 cm³/mol. The molecular weight excluding hydrogens is 440 g/mol. The lowest BCUT2D eigenvalue weighted by Gasteiger charge is -2.06. The van der Waals surface area contributed by atoms with Gasteiger partial charge in [-0.2, -0.15) is 9.78 Å². The molecule has 0 aliphatic heterocycles. The molecule has 0 unspecified atom stereocenters. The van der Waals surface area contributed by atoms with Gasteiger partial charge in [-0.25, -0.2) is 0 Å². The van der Waals surface area contributed by atoms with Crippen molar-refractivity contribution in [1.82, 2.24) is 19.6 Å². The number of thiophene rings is 1. The number of hydrogen-bond acceptors (Lipinski definition) is 6. The van der Waals surface area contributed by atoms with E-state index in [4.69, 9.17) is 0 Å². The Bertz CT molecular complexity index is 1460. The van der Waals surface area contributed by atoms with Gasteiger partial charge >= 0.3 is 5.82 Å². The molecule has 3 heterocycles. The van der Waals surface area contributed by atoms with Gasteiger partial charge in [0, 0.05) is 6.20 Å². The number of fused-ring (bicyclic) bond motifs is 1. The second kappa shape index (κ2) is 8.67. The van der Waals surface area contributed by atoms with Crippen LogP contribution in [0.1, 0.15) is 20.8 Å². The third-order valence-electron chi connectivity index (χ3n) is 5.14. The highest BCUT2D eigenvalue weighted by Crippen LogP contribution is 2.21. The SMILES string of the molecule is O=C(Nc1cnn(Cc2cccc3ccccc23)c1)c1cc(Cn2ccc([N+](=O)[O-])n2)cs1. The number of aromatic nitrogens is 4. The van der Waals surface area contributed by atoms with Crippen molar-refractivity contribution in [2.75, 3.05) is 5.32 Å². The van der Waals surface area contributed by atoms with E-state index < -0.39 is 4.92 Å². The summed E-state index contributed by atoms with van der Waals surface area (Å²) in [6.07, 6.45) is 4.97. The highest BCUT2D eigenvalue weighted by molar-refractivity contribution is 7.12. The Morgan fingerprint density at radius 2 is 1.94 bits per heavy atom. The van der Waals surface area contributed by atoms with Crippen molar-refractivity contribution in [3.63, 3.8) is 0 Å². The lowest BCUT2D eigenvalue weighted by Crippen LogP contribution is -2.09. The van der Waals surface area contributed by atoms with Gasteiger partial charge in [-0.05, 0) is 38.3 Å². The minimum Gasteiger partial charge on any atom is -0.358 e. The number of benzene rings is 2. The van der Waals surface area contributed by atoms with Crippen molar-refractivity contribution in [2.45, 2.75) is 13.1 Å². The predicted octanol–water partition coefficient (Wildman–Crippen LogP) is 4.55. The van der Waals surface area contributed by atoms with Crippen molar-refractivity contribution in [3.05, 3.63) is 105 Å². The lowest BCUT2D eigenvalue weighted by molar-refractivity contribution is -0.389. The summed E-state index contributed by atoms with van der Waals surface area (Å²) in [5, 5.41) is 26.1. The van der Waals surface area contributed by atoms with Crippen LogP contribution < -0.4 is 5.32 Å². The molecule has 0 radical (unpaired) electrons. The van der Waals surface area contributed by atoms with Crippen molar-refractivity contribution >= 4 is 39.5 Å². The molecule has 0 atom stereocenters. The number of nitrogens with zero attached hydrogens (tertiary/aromatic N) is 5. The van der Waals surface area contributed by atoms with E-state index in [0.29, 0.717) is 23.7 Å². The maximum atomic E-state index is 12.7. The van der Waals surface area contributed by atoms with Crippen LogP contribution >= 0.6 is 11.3 Å². The first-order valence-corrected chi connectivity index (χ1v) is 11.0. The van der Waals surface area contributed by atoms with Crippen molar-refractivity contribution in [1.29, 1.82) is 0 Å². The highest BCUT2D eigenvalue weighted by Gasteiger charge is 2.14. The number of rotatable bonds is 7. The summed E-state index contributed by atoms with van der Waals surface area (Å²) in [6, 6.07) is 17.5. The van der Waals surface area contributed by atoms with Crippen molar-refractivity contribution in [2.24, 2.45) is 0 Å². The Morgan fingerprint density at radius 1 is 1.09 bits per heavy atom. The second-order valence-corrected chi connectivity index (χ2v) is 8.38. The molecule has 2 aromatic carbocycles. The first kappa shape index (κ1) is 20.6. The van der Waals surface area contributed by atoms with Crippen LogP contribution in [-0.2, 0) is 13.1 Å². The molecule has 0 saturated carbocycles. The fraction of sp³-hybridized carbons (Fsp3) is 0.0870. The largest absolute Gasteiger partial charge is 0.389 e. The number of hydrogen-bond donors (Lipinski definition) is 1. The number of carbonyl (C=O) groups excluding carboxylic acids is 1. The summed E-state index contributed by atoms with van der Waals surface area (Å²) < 4.78 is 3.26. The number of anilines is 1. The molecule has 33 heavy (non-hydrogen) atoms. The van der Waals surface area contributed by atoms with Crippen LogP contribution in [0, 0.1) is 10.1 Å². The second-order valence-electron chi connectivity index (χ2n) is 7.47. The maximum absolute atomic E-state index is 12.7. The Hall–Kier alpha value is -4.31. The molecule has 5 rings (SSSR count). The smallest absolute Gasteiger partial charge is 0.358 e. The lowest BCUT2D eigenvalue weighted by atomic mass is 10.0. The number of nitro groups is 1. The Balaban J connectivity index is 1.24. The normalized spacial score (nSPS) is 11.0. The van der Waals surface area contributed by atoms with Crippen molar-refractivity contribution in [3.8, 4) is 0 Å². The molecule has 10 heteroatoms. The van der Waals surface area contributed by atoms with E-state index in [2.05, 4.69) is 39.8 Å². The average Bonchev–Trinajstić information content (AvgIpc) is 3.56. The molecule has 3 aromatic heterocycles. The maximum Gasteiger partial charge on any atom is 0.389 e. The van der Waals surface area contributed by atoms with E-state index >= 15 is 0 Å². The van der Waals surface area contributed by atoms with Gasteiger partial charge in [0.15, 0.2) is 0 Å². The number of amides is 1. The first-order valence-electron chi connectivity index (χ1n) is 10.1. The van der Waals surface area contributed by atoms with Crippen molar-refractivity contribution < 1.29 is 9.72 Å². The van der Waals surface area contributed by atoms with Crippen LogP contribution in [-0.4, -0.2) is 30.4 Å². The van der Waals surface area contributed by atoms with Gasteiger partial charge in [-0.1, -0.05) is 42.5 Å². The summed E-state index contributed by atoms with van der Waals surface area (Å²) in [5.74, 6) is -0.439. The molecule has 0 aliphatic rings. The van der Waals surface area contributed by atoms with E-state index in [1.165, 1.54) is 32.9 Å². The Labute approximate surface area is 192 Å². The fourth-order valence-electron chi connectivity index (χ4n) is 3.61. The van der Waals surface area contributed by atoms with Gasteiger partial charge in [0.1, 0.15) is 0 Å². The average molecular weight is 459 g/mol. The zero-order valence-electron chi connectivity index (χ0n) is 17.3. The quantitative estimate of drug-likeness (QED) is 0.284. The zero-order chi connectivity index (χ0) is 22.8. The molecule has 164 valence electrons. The molecule has 0 spiro atoms. The summed E-state index contributed by atoms with van der Waals surface area (Å²) in [5.41, 5.74) is 2.60. The van der Waals surface area contributed by atoms with E-state index in [1.807, 2.05) is 23.6 Å². The molecule has 0 fully saturated rings. The van der Waals surface area contributed by atoms with Crippen LogP contribution in [0.3, 0.4) is 0 Å². The Morgan fingerprint density at radius 3 is 2.79 bits per heavy atom. The summed E-state index contributed by atoms with van der Waals surface area (Å²) >= 11 is 1.31.